The average Bonchev–Trinajstić information content (AvgIpc) is 2.57. The van der Waals surface area contributed by atoms with Crippen molar-refractivity contribution in [3.8, 4) is 0 Å². The number of amides is 1. The zero-order valence-electron chi connectivity index (χ0n) is 10.7. The summed E-state index contributed by atoms with van der Waals surface area (Å²) in [4.78, 5) is 27.0. The number of carbonyl (C=O) groups is 2. The van der Waals surface area contributed by atoms with Gasteiger partial charge in [0.15, 0.2) is 5.82 Å². The van der Waals surface area contributed by atoms with Gasteiger partial charge in [-0.05, 0) is 0 Å². The van der Waals surface area contributed by atoms with Crippen LogP contribution in [0.15, 0.2) is 6.20 Å². The molecule has 0 unspecified atom stereocenters. The molecule has 0 bridgehead atoms. The molecule has 94 valence electrons. The van der Waals surface area contributed by atoms with Crippen LogP contribution in [0.2, 0.25) is 0 Å². The molecule has 1 aromatic heterocycles. The number of imidazole rings is 1. The Morgan fingerprint density at radius 2 is 2.00 bits per heavy atom. The maximum absolute atomic E-state index is 11.7. The molecule has 6 nitrogen and oxygen atoms in total. The van der Waals surface area contributed by atoms with Gasteiger partial charge in [-0.15, -0.1) is 0 Å². The number of hydrogen-bond acceptors (Lipinski definition) is 4. The Balaban J connectivity index is 2.88. The van der Waals surface area contributed by atoms with Gasteiger partial charge in [0.1, 0.15) is 0 Å². The van der Waals surface area contributed by atoms with Crippen LogP contribution >= 0.6 is 0 Å². The standard InChI is InChI=1S/C11H17N3O3/c1-11(2,3)10(16)13-7-6-14(4)8(12-7)9(15)17-5/h6H,1-5H3,(H,13,16). The van der Waals surface area contributed by atoms with Crippen molar-refractivity contribution in [3.63, 3.8) is 0 Å². The largest absolute Gasteiger partial charge is 0.463 e. The van der Waals surface area contributed by atoms with Crippen LogP contribution in [-0.2, 0) is 16.6 Å². The van der Waals surface area contributed by atoms with Gasteiger partial charge in [-0.1, -0.05) is 20.8 Å². The van der Waals surface area contributed by atoms with Crippen molar-refractivity contribution < 1.29 is 14.3 Å². The Bertz CT molecular complexity index is 443. The molecule has 0 radical (unpaired) electrons. The lowest BCUT2D eigenvalue weighted by molar-refractivity contribution is -0.123. The summed E-state index contributed by atoms with van der Waals surface area (Å²) in [6, 6.07) is 0. The van der Waals surface area contributed by atoms with E-state index in [4.69, 9.17) is 0 Å². The molecule has 0 saturated heterocycles. The number of hydrogen-bond donors (Lipinski definition) is 1. The van der Waals surface area contributed by atoms with E-state index >= 15 is 0 Å². The van der Waals surface area contributed by atoms with Crippen LogP contribution in [-0.4, -0.2) is 28.5 Å². The summed E-state index contributed by atoms with van der Waals surface area (Å²) >= 11 is 0. The molecule has 1 rings (SSSR count). The molecule has 0 fully saturated rings. The van der Waals surface area contributed by atoms with Crippen molar-refractivity contribution in [1.29, 1.82) is 0 Å². The first kappa shape index (κ1) is 13.2. The molecular formula is C11H17N3O3. The van der Waals surface area contributed by atoms with Crippen LogP contribution in [0.3, 0.4) is 0 Å². The molecule has 0 saturated carbocycles. The highest BCUT2D eigenvalue weighted by Gasteiger charge is 2.23. The summed E-state index contributed by atoms with van der Waals surface area (Å²) in [5.74, 6) is -0.208. The number of ether oxygens (including phenoxy) is 1. The molecule has 1 heterocycles. The summed E-state index contributed by atoms with van der Waals surface area (Å²) < 4.78 is 6.07. The number of methoxy groups -OCH3 is 1. The van der Waals surface area contributed by atoms with E-state index in [1.54, 1.807) is 34.0 Å². The van der Waals surface area contributed by atoms with Crippen molar-refractivity contribution in [3.05, 3.63) is 12.0 Å². The van der Waals surface area contributed by atoms with Crippen molar-refractivity contribution in [2.45, 2.75) is 20.8 Å². The number of rotatable bonds is 2. The van der Waals surface area contributed by atoms with Crippen LogP contribution in [0, 0.1) is 5.41 Å². The molecule has 17 heavy (non-hydrogen) atoms. The Kier molecular flexibility index (Phi) is 3.55. The molecule has 1 amide bonds. The Morgan fingerprint density at radius 3 is 2.47 bits per heavy atom. The molecule has 0 aliphatic carbocycles. The second-order valence-electron chi connectivity index (χ2n) is 4.76. The second-order valence-corrected chi connectivity index (χ2v) is 4.76. The van der Waals surface area contributed by atoms with Crippen molar-refractivity contribution in [2.24, 2.45) is 12.5 Å². The Labute approximate surface area is 100.0 Å². The number of nitrogens with zero attached hydrogens (tertiary/aromatic N) is 2. The second kappa shape index (κ2) is 4.57. The van der Waals surface area contributed by atoms with Gasteiger partial charge in [-0.2, -0.15) is 0 Å². The highest BCUT2D eigenvalue weighted by atomic mass is 16.5. The number of aryl methyl sites for hydroxylation is 1. The third-order valence-electron chi connectivity index (χ3n) is 2.17. The van der Waals surface area contributed by atoms with Gasteiger partial charge < -0.3 is 14.6 Å². The van der Waals surface area contributed by atoms with Gasteiger partial charge in [0.05, 0.1) is 7.11 Å². The minimum absolute atomic E-state index is 0.150. The first-order valence-corrected chi connectivity index (χ1v) is 5.19. The fourth-order valence-electron chi connectivity index (χ4n) is 1.11. The van der Waals surface area contributed by atoms with E-state index < -0.39 is 11.4 Å². The monoisotopic (exact) mass is 239 g/mol. The van der Waals surface area contributed by atoms with Gasteiger partial charge in [0, 0.05) is 18.7 Å². The smallest absolute Gasteiger partial charge is 0.374 e. The predicted molar refractivity (Wildman–Crippen MR) is 62.6 cm³/mol. The van der Waals surface area contributed by atoms with Crippen molar-refractivity contribution in [1.82, 2.24) is 9.55 Å². The van der Waals surface area contributed by atoms with E-state index in [1.807, 2.05) is 0 Å². The zero-order chi connectivity index (χ0) is 13.2. The number of anilines is 1. The maximum Gasteiger partial charge on any atom is 0.374 e. The van der Waals surface area contributed by atoms with Gasteiger partial charge in [0.2, 0.25) is 11.7 Å². The van der Waals surface area contributed by atoms with Gasteiger partial charge >= 0.3 is 5.97 Å². The van der Waals surface area contributed by atoms with Crippen LogP contribution in [0.25, 0.3) is 0 Å². The third-order valence-corrected chi connectivity index (χ3v) is 2.17. The molecule has 0 spiro atoms. The van der Waals surface area contributed by atoms with Gasteiger partial charge in [-0.25, -0.2) is 9.78 Å². The van der Waals surface area contributed by atoms with Crippen LogP contribution in [0.4, 0.5) is 5.82 Å². The van der Waals surface area contributed by atoms with Crippen LogP contribution in [0.1, 0.15) is 31.4 Å². The molecule has 1 aromatic rings. The minimum Gasteiger partial charge on any atom is -0.463 e. The molecule has 0 aliphatic heterocycles. The fraction of sp³-hybridized carbons (Fsp3) is 0.545. The first-order chi connectivity index (χ1) is 7.75. The van der Waals surface area contributed by atoms with E-state index in [-0.39, 0.29) is 11.7 Å². The Hall–Kier alpha value is -1.85. The lowest BCUT2D eigenvalue weighted by Gasteiger charge is -2.16. The van der Waals surface area contributed by atoms with E-state index in [0.717, 1.165) is 0 Å². The van der Waals surface area contributed by atoms with E-state index in [1.165, 1.54) is 11.7 Å². The summed E-state index contributed by atoms with van der Waals surface area (Å²) in [6.07, 6.45) is 1.57. The topological polar surface area (TPSA) is 73.2 Å². The summed E-state index contributed by atoms with van der Waals surface area (Å²) in [6.45, 7) is 5.39. The van der Waals surface area contributed by atoms with Crippen LogP contribution in [0.5, 0.6) is 0 Å². The van der Waals surface area contributed by atoms with Gasteiger partial charge in [0.25, 0.3) is 0 Å². The molecule has 0 aromatic carbocycles. The normalized spacial score (nSPS) is 11.1. The quantitative estimate of drug-likeness (QED) is 0.787. The van der Waals surface area contributed by atoms with Crippen molar-refractivity contribution in [2.75, 3.05) is 12.4 Å². The molecular weight excluding hydrogens is 222 g/mol. The fourth-order valence-corrected chi connectivity index (χ4v) is 1.11. The lowest BCUT2D eigenvalue weighted by Crippen LogP contribution is -2.27. The number of aromatic nitrogens is 2. The molecule has 6 heteroatoms. The molecule has 1 N–H and O–H groups in total. The molecule has 0 atom stereocenters. The van der Waals surface area contributed by atoms with E-state index in [0.29, 0.717) is 5.82 Å². The SMILES string of the molecule is COC(=O)c1nc(NC(=O)C(C)(C)C)cn1C. The maximum atomic E-state index is 11.7. The third kappa shape index (κ3) is 3.05. The number of carbonyl (C=O) groups excluding carboxylic acids is 2. The highest BCUT2D eigenvalue weighted by Crippen LogP contribution is 2.17. The summed E-state index contributed by atoms with van der Waals surface area (Å²) in [5, 5.41) is 2.64. The zero-order valence-corrected chi connectivity index (χ0v) is 10.7. The molecule has 0 aliphatic rings. The Morgan fingerprint density at radius 1 is 1.41 bits per heavy atom. The predicted octanol–water partition coefficient (Wildman–Crippen LogP) is 1.19. The summed E-state index contributed by atoms with van der Waals surface area (Å²) in [7, 11) is 2.94. The van der Waals surface area contributed by atoms with Gasteiger partial charge in [-0.3, -0.25) is 4.79 Å². The first-order valence-electron chi connectivity index (χ1n) is 5.19. The van der Waals surface area contributed by atoms with E-state index in [2.05, 4.69) is 15.0 Å². The van der Waals surface area contributed by atoms with Crippen LogP contribution < -0.4 is 5.32 Å². The van der Waals surface area contributed by atoms with E-state index in [9.17, 15) is 9.59 Å². The van der Waals surface area contributed by atoms with Crippen molar-refractivity contribution >= 4 is 17.7 Å². The number of nitrogens with one attached hydrogen (secondary N) is 1. The number of esters is 1. The average molecular weight is 239 g/mol. The lowest BCUT2D eigenvalue weighted by atomic mass is 9.96. The minimum atomic E-state index is -0.538. The highest BCUT2D eigenvalue weighted by molar-refractivity contribution is 5.94. The summed E-state index contributed by atoms with van der Waals surface area (Å²) in [5.41, 5.74) is -0.511.